The Morgan fingerprint density at radius 3 is 2.86 bits per heavy atom. The van der Waals surface area contributed by atoms with Crippen molar-refractivity contribution in [3.05, 3.63) is 59.7 Å². The van der Waals surface area contributed by atoms with Gasteiger partial charge in [-0.15, -0.1) is 11.8 Å². The van der Waals surface area contributed by atoms with Crippen molar-refractivity contribution in [3.63, 3.8) is 0 Å². The molecule has 0 aromatic heterocycles. The molecule has 2 aliphatic heterocycles. The monoisotopic (exact) mass is 395 g/mol. The SMILES string of the molecule is C[C@H]1CCN(C(=O)COC(=O)C2=Cc3ccccc3OC2)c2ccccc2S1. The third kappa shape index (κ3) is 3.92. The van der Waals surface area contributed by atoms with E-state index in [1.54, 1.807) is 22.7 Å². The molecule has 6 heteroatoms. The van der Waals surface area contributed by atoms with Gasteiger partial charge in [-0.05, 0) is 30.7 Å². The molecule has 0 bridgehead atoms. The molecule has 4 rings (SSSR count). The van der Waals surface area contributed by atoms with Crippen LogP contribution in [0, 0.1) is 0 Å². The van der Waals surface area contributed by atoms with E-state index in [9.17, 15) is 9.59 Å². The minimum Gasteiger partial charge on any atom is -0.488 e. The van der Waals surface area contributed by atoms with Gasteiger partial charge in [0.05, 0.1) is 11.3 Å². The molecule has 0 saturated carbocycles. The number of amides is 1. The third-order valence-electron chi connectivity index (χ3n) is 4.77. The molecular weight excluding hydrogens is 374 g/mol. The maximum absolute atomic E-state index is 12.8. The van der Waals surface area contributed by atoms with Crippen LogP contribution in [-0.2, 0) is 14.3 Å². The summed E-state index contributed by atoms with van der Waals surface area (Å²) in [4.78, 5) is 28.0. The summed E-state index contributed by atoms with van der Waals surface area (Å²) in [5.74, 6) is 0.00449. The van der Waals surface area contributed by atoms with Crippen LogP contribution in [0.3, 0.4) is 0 Å². The van der Waals surface area contributed by atoms with Crippen LogP contribution in [0.4, 0.5) is 5.69 Å². The largest absolute Gasteiger partial charge is 0.488 e. The Balaban J connectivity index is 1.44. The topological polar surface area (TPSA) is 55.8 Å². The minimum absolute atomic E-state index is 0.144. The van der Waals surface area contributed by atoms with Crippen molar-refractivity contribution in [2.45, 2.75) is 23.5 Å². The summed E-state index contributed by atoms with van der Waals surface area (Å²) >= 11 is 1.77. The molecule has 0 unspecified atom stereocenters. The molecule has 2 aromatic rings. The number of rotatable bonds is 3. The van der Waals surface area contributed by atoms with Crippen LogP contribution in [0.25, 0.3) is 6.08 Å². The van der Waals surface area contributed by atoms with Crippen LogP contribution < -0.4 is 9.64 Å². The lowest BCUT2D eigenvalue weighted by atomic mass is 10.1. The first-order valence-electron chi connectivity index (χ1n) is 9.27. The zero-order chi connectivity index (χ0) is 19.5. The molecular formula is C22H21NO4S. The maximum Gasteiger partial charge on any atom is 0.338 e. The highest BCUT2D eigenvalue weighted by molar-refractivity contribution is 8.00. The highest BCUT2D eigenvalue weighted by atomic mass is 32.2. The van der Waals surface area contributed by atoms with E-state index < -0.39 is 5.97 Å². The summed E-state index contributed by atoms with van der Waals surface area (Å²) in [6, 6.07) is 15.3. The van der Waals surface area contributed by atoms with Gasteiger partial charge in [-0.2, -0.15) is 0 Å². The number of anilines is 1. The van der Waals surface area contributed by atoms with Crippen molar-refractivity contribution in [3.8, 4) is 5.75 Å². The number of hydrogen-bond donors (Lipinski definition) is 0. The number of carbonyl (C=O) groups is 2. The van der Waals surface area contributed by atoms with Crippen molar-refractivity contribution in [2.24, 2.45) is 0 Å². The molecule has 28 heavy (non-hydrogen) atoms. The molecule has 0 radical (unpaired) electrons. The van der Waals surface area contributed by atoms with Crippen molar-refractivity contribution >= 4 is 35.4 Å². The second-order valence-corrected chi connectivity index (χ2v) is 8.28. The maximum atomic E-state index is 12.8. The van der Waals surface area contributed by atoms with Gasteiger partial charge in [-0.25, -0.2) is 4.79 Å². The van der Waals surface area contributed by atoms with Crippen LogP contribution >= 0.6 is 11.8 Å². The summed E-state index contributed by atoms with van der Waals surface area (Å²) in [7, 11) is 0. The first kappa shape index (κ1) is 18.6. The van der Waals surface area contributed by atoms with E-state index in [1.807, 2.05) is 48.5 Å². The van der Waals surface area contributed by atoms with Gasteiger partial charge in [0.1, 0.15) is 12.4 Å². The smallest absolute Gasteiger partial charge is 0.338 e. The van der Waals surface area contributed by atoms with Crippen LogP contribution in [0.15, 0.2) is 59.0 Å². The third-order valence-corrected chi connectivity index (χ3v) is 6.00. The number of nitrogens with zero attached hydrogens (tertiary/aromatic N) is 1. The highest BCUT2D eigenvalue weighted by Gasteiger charge is 2.26. The molecule has 2 aromatic carbocycles. The molecule has 0 spiro atoms. The molecule has 1 amide bonds. The summed E-state index contributed by atoms with van der Waals surface area (Å²) in [5, 5.41) is 0.422. The van der Waals surface area contributed by atoms with E-state index in [4.69, 9.17) is 9.47 Å². The second kappa shape index (κ2) is 8.10. The molecule has 2 aliphatic rings. The lowest BCUT2D eigenvalue weighted by Crippen LogP contribution is -2.36. The first-order valence-corrected chi connectivity index (χ1v) is 10.2. The van der Waals surface area contributed by atoms with E-state index in [0.29, 0.717) is 17.4 Å². The zero-order valence-electron chi connectivity index (χ0n) is 15.6. The van der Waals surface area contributed by atoms with E-state index in [1.165, 1.54) is 0 Å². The van der Waals surface area contributed by atoms with Gasteiger partial charge in [0.15, 0.2) is 6.61 Å². The van der Waals surface area contributed by atoms with Crippen LogP contribution in [-0.4, -0.2) is 36.9 Å². The average molecular weight is 395 g/mol. The van der Waals surface area contributed by atoms with Gasteiger partial charge in [0.2, 0.25) is 0 Å². The Morgan fingerprint density at radius 2 is 1.96 bits per heavy atom. The first-order chi connectivity index (χ1) is 13.6. The quantitative estimate of drug-likeness (QED) is 0.738. The van der Waals surface area contributed by atoms with Crippen LogP contribution in [0.2, 0.25) is 0 Å². The minimum atomic E-state index is -0.520. The average Bonchev–Trinajstić information content (AvgIpc) is 2.89. The van der Waals surface area contributed by atoms with Crippen molar-refractivity contribution in [1.29, 1.82) is 0 Å². The van der Waals surface area contributed by atoms with Gasteiger partial charge in [0.25, 0.3) is 5.91 Å². The summed E-state index contributed by atoms with van der Waals surface area (Å²) in [6.07, 6.45) is 2.64. The van der Waals surface area contributed by atoms with Crippen molar-refractivity contribution < 1.29 is 19.1 Å². The number of thioether (sulfide) groups is 1. The zero-order valence-corrected chi connectivity index (χ0v) is 16.4. The molecule has 5 nitrogen and oxygen atoms in total. The normalized spacial score (nSPS) is 18.1. The van der Waals surface area contributed by atoms with Gasteiger partial charge < -0.3 is 14.4 Å². The Kier molecular flexibility index (Phi) is 5.39. The highest BCUT2D eigenvalue weighted by Crippen LogP contribution is 2.37. The Hall–Kier alpha value is -2.73. The van der Waals surface area contributed by atoms with Crippen molar-refractivity contribution in [2.75, 3.05) is 24.7 Å². The lowest BCUT2D eigenvalue weighted by Gasteiger charge is -2.22. The number of carbonyl (C=O) groups excluding carboxylic acids is 2. The number of ether oxygens (including phenoxy) is 2. The molecule has 2 heterocycles. The van der Waals surface area contributed by atoms with E-state index in [2.05, 4.69) is 6.92 Å². The molecule has 1 atom stereocenters. The number of hydrogen-bond acceptors (Lipinski definition) is 5. The van der Waals surface area contributed by atoms with Gasteiger partial charge in [0, 0.05) is 22.3 Å². The van der Waals surface area contributed by atoms with Gasteiger partial charge in [-0.1, -0.05) is 37.3 Å². The summed E-state index contributed by atoms with van der Waals surface area (Å²) < 4.78 is 10.9. The lowest BCUT2D eigenvalue weighted by molar-refractivity contribution is -0.144. The van der Waals surface area contributed by atoms with Crippen LogP contribution in [0.5, 0.6) is 5.75 Å². The number of benzene rings is 2. The van der Waals surface area contributed by atoms with E-state index >= 15 is 0 Å². The molecule has 0 saturated heterocycles. The molecule has 0 aliphatic carbocycles. The van der Waals surface area contributed by atoms with Crippen LogP contribution in [0.1, 0.15) is 18.9 Å². The fourth-order valence-corrected chi connectivity index (χ4v) is 4.39. The Labute approximate surface area is 168 Å². The number of fused-ring (bicyclic) bond motifs is 2. The van der Waals surface area contributed by atoms with Crippen molar-refractivity contribution in [1.82, 2.24) is 0 Å². The van der Waals surface area contributed by atoms with Gasteiger partial charge >= 0.3 is 5.97 Å². The predicted octanol–water partition coefficient (Wildman–Crippen LogP) is 3.92. The molecule has 144 valence electrons. The molecule has 0 fully saturated rings. The fourth-order valence-electron chi connectivity index (χ4n) is 3.28. The van der Waals surface area contributed by atoms with E-state index in [-0.39, 0.29) is 19.1 Å². The second-order valence-electron chi connectivity index (χ2n) is 6.80. The number of esters is 1. The predicted molar refractivity (Wildman–Crippen MR) is 110 cm³/mol. The number of para-hydroxylation sites is 2. The van der Waals surface area contributed by atoms with Gasteiger partial charge in [-0.3, -0.25) is 4.79 Å². The van der Waals surface area contributed by atoms with E-state index in [0.717, 1.165) is 28.3 Å². The fraction of sp³-hybridized carbons (Fsp3) is 0.273. The Morgan fingerprint density at radius 1 is 1.18 bits per heavy atom. The molecule has 0 N–H and O–H groups in total. The Bertz CT molecular complexity index is 940. The summed E-state index contributed by atoms with van der Waals surface area (Å²) in [6.45, 7) is 2.62. The summed E-state index contributed by atoms with van der Waals surface area (Å²) in [5.41, 5.74) is 2.12. The standard InChI is InChI=1S/C22H21NO4S/c1-15-10-11-23(18-7-3-5-9-20(18)28-15)21(24)14-27-22(25)17-12-16-6-2-4-8-19(16)26-13-17/h2-9,12,15H,10-11,13-14H2,1H3/t15-/m0/s1.